The van der Waals surface area contributed by atoms with Gasteiger partial charge in [-0.3, -0.25) is 19.2 Å². The molecule has 0 aliphatic heterocycles. The fourth-order valence-electron chi connectivity index (χ4n) is 1.63. The summed E-state index contributed by atoms with van der Waals surface area (Å²) in [5, 5.41) is 0. The molecule has 0 atom stereocenters. The summed E-state index contributed by atoms with van der Waals surface area (Å²) >= 11 is 0. The van der Waals surface area contributed by atoms with Gasteiger partial charge in [-0.25, -0.2) is 0 Å². The van der Waals surface area contributed by atoms with Crippen molar-refractivity contribution in [2.75, 3.05) is 0 Å². The largest absolute Gasteiger partial charge is 0.286 e. The van der Waals surface area contributed by atoms with E-state index in [1.807, 2.05) is 0 Å². The first-order valence-electron chi connectivity index (χ1n) is 5.88. The molecule has 0 saturated carbocycles. The van der Waals surface area contributed by atoms with E-state index < -0.39 is 21.7 Å². The van der Waals surface area contributed by atoms with Gasteiger partial charge in [-0.15, -0.1) is 0 Å². The van der Waals surface area contributed by atoms with Crippen molar-refractivity contribution >= 4 is 0 Å². The van der Waals surface area contributed by atoms with Gasteiger partial charge in [0, 0.05) is 0 Å². The van der Waals surface area contributed by atoms with Gasteiger partial charge >= 0.3 is 0 Å². The van der Waals surface area contributed by atoms with Gasteiger partial charge in [0.05, 0.1) is 0 Å². The Morgan fingerprint density at radius 3 is 1.15 bits per heavy atom. The van der Waals surface area contributed by atoms with E-state index in [4.69, 9.17) is 0 Å². The van der Waals surface area contributed by atoms with Crippen molar-refractivity contribution in [3.8, 4) is 11.1 Å². The van der Waals surface area contributed by atoms with Crippen LogP contribution in [0.2, 0.25) is 0 Å². The van der Waals surface area contributed by atoms with Gasteiger partial charge in [0.15, 0.2) is 0 Å². The number of hydrogen-bond acceptors (Lipinski definition) is 4. The highest BCUT2D eigenvalue weighted by molar-refractivity contribution is 5.61. The van der Waals surface area contributed by atoms with Crippen molar-refractivity contribution in [3.05, 3.63) is 102 Å². The summed E-state index contributed by atoms with van der Waals surface area (Å²) in [5.41, 5.74) is -1.07. The molecule has 0 aliphatic rings. The van der Waals surface area contributed by atoms with Gasteiger partial charge in [0.2, 0.25) is 21.7 Å². The summed E-state index contributed by atoms with van der Waals surface area (Å²) in [6, 6.07) is 14.0. The molecule has 0 aromatic heterocycles. The predicted octanol–water partition coefficient (Wildman–Crippen LogP) is 0.794. The molecule has 98 valence electrons. The molecule has 4 nitrogen and oxygen atoms in total. The third kappa shape index (κ3) is 3.11. The zero-order valence-corrected chi connectivity index (χ0v) is 10.4. The van der Waals surface area contributed by atoms with Gasteiger partial charge in [0.1, 0.15) is 0 Å². The Labute approximate surface area is 113 Å². The van der Waals surface area contributed by atoms with Crippen LogP contribution in [0.1, 0.15) is 0 Å². The molecule has 0 spiro atoms. The van der Waals surface area contributed by atoms with Crippen molar-refractivity contribution in [3.63, 3.8) is 0 Å². The summed E-state index contributed by atoms with van der Waals surface area (Å²) in [6.07, 6.45) is 0. The molecule has 20 heavy (non-hydrogen) atoms. The van der Waals surface area contributed by atoms with Crippen LogP contribution in [0.3, 0.4) is 0 Å². The molecule has 0 N–H and O–H groups in total. The van der Waals surface area contributed by atoms with Gasteiger partial charge in [-0.2, -0.15) is 0 Å². The van der Waals surface area contributed by atoms with Crippen molar-refractivity contribution in [1.29, 1.82) is 0 Å². The molecule has 0 bridgehead atoms. The van der Waals surface area contributed by atoms with Crippen LogP contribution in [0.25, 0.3) is 11.1 Å². The molecule has 0 saturated heterocycles. The average Bonchev–Trinajstić information content (AvgIpc) is 2.42. The number of hydrogen-bond donors (Lipinski definition) is 0. The smallest absolute Gasteiger partial charge is 0.225 e. The zero-order valence-electron chi connectivity index (χ0n) is 10.4. The lowest BCUT2D eigenvalue weighted by Crippen LogP contribution is -2.19. The molecule has 0 heterocycles. The van der Waals surface area contributed by atoms with E-state index in [2.05, 4.69) is 0 Å². The fourth-order valence-corrected chi connectivity index (χ4v) is 1.63. The highest BCUT2D eigenvalue weighted by Crippen LogP contribution is 2.14. The third-order valence-corrected chi connectivity index (χ3v) is 2.69. The Bertz CT molecular complexity index is 813. The van der Waals surface area contributed by atoms with E-state index in [1.54, 1.807) is 12.1 Å². The Morgan fingerprint density at radius 2 is 0.750 bits per heavy atom. The molecule has 0 radical (unpaired) electrons. The van der Waals surface area contributed by atoms with E-state index >= 15 is 0 Å². The lowest BCUT2D eigenvalue weighted by Gasteiger charge is -1.96. The molecule has 0 unspecified atom stereocenters. The van der Waals surface area contributed by atoms with Gasteiger partial charge in [-0.1, -0.05) is 36.4 Å². The predicted molar refractivity (Wildman–Crippen MR) is 77.0 cm³/mol. The molecule has 2 aromatic rings. The maximum atomic E-state index is 11.3. The standard InChI is InChI=1S/C16H10O4/c17-13-5-1-3-11(7-9-15(13)19)12-4-2-6-14(18)16(20)10-8-12/h1-10H. The second-order valence-electron chi connectivity index (χ2n) is 4.09. The molecule has 2 aromatic carbocycles. The van der Waals surface area contributed by atoms with Crippen LogP contribution in [-0.4, -0.2) is 0 Å². The third-order valence-electron chi connectivity index (χ3n) is 2.69. The fraction of sp³-hybridized carbons (Fsp3) is 0. The quantitative estimate of drug-likeness (QED) is 0.716. The topological polar surface area (TPSA) is 68.3 Å². The van der Waals surface area contributed by atoms with E-state index in [-0.39, 0.29) is 0 Å². The normalized spacial score (nSPS) is 9.80. The molecule has 0 aliphatic carbocycles. The highest BCUT2D eigenvalue weighted by atomic mass is 16.2. The summed E-state index contributed by atoms with van der Waals surface area (Å²) < 4.78 is 0. The second kappa shape index (κ2) is 5.84. The molecular weight excluding hydrogens is 256 g/mol. The molecular formula is C16H10O4. The maximum absolute atomic E-state index is 11.3. The Hall–Kier alpha value is -2.88. The lowest BCUT2D eigenvalue weighted by atomic mass is 10.1. The lowest BCUT2D eigenvalue weighted by molar-refractivity contribution is 1.48. The van der Waals surface area contributed by atoms with Crippen LogP contribution in [0.15, 0.2) is 79.8 Å². The van der Waals surface area contributed by atoms with Crippen LogP contribution >= 0.6 is 0 Å². The van der Waals surface area contributed by atoms with Crippen LogP contribution in [-0.2, 0) is 0 Å². The van der Waals surface area contributed by atoms with Gasteiger partial charge in [-0.05, 0) is 35.4 Å². The minimum absolute atomic E-state index is 0.584. The van der Waals surface area contributed by atoms with Crippen molar-refractivity contribution in [2.45, 2.75) is 0 Å². The first kappa shape index (κ1) is 13.5. The summed E-state index contributed by atoms with van der Waals surface area (Å²) in [4.78, 5) is 45.1. The van der Waals surface area contributed by atoms with Crippen molar-refractivity contribution in [1.82, 2.24) is 0 Å². The zero-order chi connectivity index (χ0) is 14.5. The van der Waals surface area contributed by atoms with E-state index in [9.17, 15) is 19.2 Å². The summed E-state index contributed by atoms with van der Waals surface area (Å²) in [5.74, 6) is 0. The molecule has 2 rings (SSSR count). The summed E-state index contributed by atoms with van der Waals surface area (Å²) in [6.45, 7) is 0. The molecule has 0 fully saturated rings. The molecule has 0 amide bonds. The summed E-state index contributed by atoms with van der Waals surface area (Å²) in [7, 11) is 0. The van der Waals surface area contributed by atoms with Crippen LogP contribution in [0.4, 0.5) is 0 Å². The minimum atomic E-state index is -0.607. The monoisotopic (exact) mass is 266 g/mol. The first-order valence-corrected chi connectivity index (χ1v) is 5.88. The van der Waals surface area contributed by atoms with Gasteiger partial charge < -0.3 is 0 Å². The first-order chi connectivity index (χ1) is 9.58. The van der Waals surface area contributed by atoms with Crippen molar-refractivity contribution in [2.24, 2.45) is 0 Å². The SMILES string of the molecule is O=c1cccc(-c2cccc(=O)c(=O)cc2)ccc1=O. The van der Waals surface area contributed by atoms with E-state index in [0.717, 1.165) is 0 Å². The Balaban J connectivity index is 2.69. The van der Waals surface area contributed by atoms with Crippen LogP contribution in [0, 0.1) is 0 Å². The van der Waals surface area contributed by atoms with E-state index in [1.165, 1.54) is 48.5 Å². The van der Waals surface area contributed by atoms with Gasteiger partial charge in [0.25, 0.3) is 0 Å². The maximum Gasteiger partial charge on any atom is 0.225 e. The minimum Gasteiger partial charge on any atom is -0.286 e. The van der Waals surface area contributed by atoms with Crippen LogP contribution < -0.4 is 21.7 Å². The Morgan fingerprint density at radius 1 is 0.400 bits per heavy atom. The molecule has 4 heteroatoms. The van der Waals surface area contributed by atoms with E-state index in [0.29, 0.717) is 11.1 Å². The van der Waals surface area contributed by atoms with Crippen molar-refractivity contribution < 1.29 is 0 Å². The second-order valence-corrected chi connectivity index (χ2v) is 4.09. The number of rotatable bonds is 1. The average molecular weight is 266 g/mol. The Kier molecular flexibility index (Phi) is 3.96. The van der Waals surface area contributed by atoms with Crippen LogP contribution in [0.5, 0.6) is 0 Å². The highest BCUT2D eigenvalue weighted by Gasteiger charge is 1.95.